The van der Waals surface area contributed by atoms with E-state index in [0.717, 1.165) is 24.8 Å². The van der Waals surface area contributed by atoms with E-state index in [1.54, 1.807) is 25.1 Å². The van der Waals surface area contributed by atoms with Crippen molar-refractivity contribution in [1.29, 1.82) is 0 Å². The molecular weight excluding hydrogens is 435 g/mol. The third-order valence-electron chi connectivity index (χ3n) is 5.03. The average molecular weight is 465 g/mol. The van der Waals surface area contributed by atoms with Crippen molar-refractivity contribution >= 4 is 35.0 Å². The Kier molecular flexibility index (Phi) is 10.2. The molecule has 0 aliphatic rings. The van der Waals surface area contributed by atoms with Gasteiger partial charge in [0.2, 0.25) is 5.91 Å². The molecule has 0 spiro atoms. The maximum absolute atomic E-state index is 13.0. The molecule has 0 radical (unpaired) electrons. The van der Waals surface area contributed by atoms with Gasteiger partial charge < -0.3 is 15.0 Å². The Balaban J connectivity index is 2.12. The first-order valence-corrected chi connectivity index (χ1v) is 11.3. The number of carbonyl (C=O) groups excluding carboxylic acids is 2. The minimum absolute atomic E-state index is 0.167. The SMILES string of the molecule is CCCCNC(=O)C(C)N(Cc1ccc(Cl)c(Cl)c1)C(=O)COc1ccc(CC)cc1. The quantitative estimate of drug-likeness (QED) is 0.460. The van der Waals surface area contributed by atoms with Crippen LogP contribution in [0.4, 0.5) is 0 Å². The Morgan fingerprint density at radius 3 is 2.32 bits per heavy atom. The van der Waals surface area contributed by atoms with Gasteiger partial charge in [0.1, 0.15) is 11.8 Å². The lowest BCUT2D eigenvalue weighted by molar-refractivity contribution is -0.142. The van der Waals surface area contributed by atoms with Crippen molar-refractivity contribution in [3.63, 3.8) is 0 Å². The second-order valence-electron chi connectivity index (χ2n) is 7.38. The molecule has 0 aromatic heterocycles. The number of ether oxygens (including phenoxy) is 1. The van der Waals surface area contributed by atoms with E-state index >= 15 is 0 Å². The van der Waals surface area contributed by atoms with Crippen molar-refractivity contribution in [2.75, 3.05) is 13.2 Å². The first-order chi connectivity index (χ1) is 14.8. The van der Waals surface area contributed by atoms with Gasteiger partial charge in [-0.15, -0.1) is 0 Å². The van der Waals surface area contributed by atoms with Crippen molar-refractivity contribution in [2.24, 2.45) is 0 Å². The van der Waals surface area contributed by atoms with E-state index in [1.165, 1.54) is 10.5 Å². The van der Waals surface area contributed by atoms with Crippen molar-refractivity contribution in [1.82, 2.24) is 10.2 Å². The fourth-order valence-electron chi connectivity index (χ4n) is 3.00. The highest BCUT2D eigenvalue weighted by Crippen LogP contribution is 2.24. The summed E-state index contributed by atoms with van der Waals surface area (Å²) in [6, 6.07) is 12.1. The Bertz CT molecular complexity index is 872. The van der Waals surface area contributed by atoms with Crippen LogP contribution in [0.25, 0.3) is 0 Å². The van der Waals surface area contributed by atoms with Gasteiger partial charge in [-0.2, -0.15) is 0 Å². The van der Waals surface area contributed by atoms with E-state index in [9.17, 15) is 9.59 Å². The maximum atomic E-state index is 13.0. The second-order valence-corrected chi connectivity index (χ2v) is 8.19. The number of nitrogens with one attached hydrogen (secondary N) is 1. The number of benzene rings is 2. The first-order valence-electron chi connectivity index (χ1n) is 10.6. The summed E-state index contributed by atoms with van der Waals surface area (Å²) < 4.78 is 5.69. The summed E-state index contributed by atoms with van der Waals surface area (Å²) in [6.07, 6.45) is 2.79. The highest BCUT2D eigenvalue weighted by Gasteiger charge is 2.26. The summed E-state index contributed by atoms with van der Waals surface area (Å²) in [7, 11) is 0. The summed E-state index contributed by atoms with van der Waals surface area (Å²) in [5, 5.41) is 3.73. The standard InChI is InChI=1S/C24H30Cl2N2O3/c1-4-6-13-27-24(30)17(3)28(15-19-9-12-21(25)22(26)14-19)23(29)16-31-20-10-7-18(5-2)8-11-20/h7-12,14,17H,4-6,13,15-16H2,1-3H3,(H,27,30). The third-order valence-corrected chi connectivity index (χ3v) is 5.77. The summed E-state index contributed by atoms with van der Waals surface area (Å²) >= 11 is 12.1. The first kappa shape index (κ1) is 25.0. The minimum atomic E-state index is -0.662. The lowest BCUT2D eigenvalue weighted by Gasteiger charge is -2.29. The number of unbranched alkanes of at least 4 members (excludes halogenated alkanes) is 1. The smallest absolute Gasteiger partial charge is 0.261 e. The number of carbonyl (C=O) groups is 2. The molecule has 7 heteroatoms. The molecule has 0 saturated heterocycles. The van der Waals surface area contributed by atoms with Crippen LogP contribution in [0.5, 0.6) is 5.75 Å². The molecule has 2 aromatic rings. The van der Waals surface area contributed by atoms with Crippen LogP contribution in [0.3, 0.4) is 0 Å². The predicted molar refractivity (Wildman–Crippen MR) is 126 cm³/mol. The third kappa shape index (κ3) is 7.75. The van der Waals surface area contributed by atoms with E-state index in [0.29, 0.717) is 22.3 Å². The molecule has 2 amide bonds. The molecule has 1 atom stereocenters. The van der Waals surface area contributed by atoms with Gasteiger partial charge >= 0.3 is 0 Å². The van der Waals surface area contributed by atoms with Gasteiger partial charge in [-0.05, 0) is 55.2 Å². The number of rotatable bonds is 11. The number of aryl methyl sites for hydroxylation is 1. The number of amides is 2. The van der Waals surface area contributed by atoms with Crippen molar-refractivity contribution in [2.45, 2.75) is 52.6 Å². The average Bonchev–Trinajstić information content (AvgIpc) is 2.78. The minimum Gasteiger partial charge on any atom is -0.484 e. The number of hydrogen-bond acceptors (Lipinski definition) is 3. The lowest BCUT2D eigenvalue weighted by atomic mass is 10.1. The van der Waals surface area contributed by atoms with Crippen LogP contribution < -0.4 is 10.1 Å². The van der Waals surface area contributed by atoms with Gasteiger partial charge in [0, 0.05) is 13.1 Å². The molecule has 0 bridgehead atoms. The van der Waals surface area contributed by atoms with Gasteiger partial charge in [-0.3, -0.25) is 9.59 Å². The van der Waals surface area contributed by atoms with E-state index in [1.807, 2.05) is 24.3 Å². The normalized spacial score (nSPS) is 11.6. The molecule has 0 heterocycles. The van der Waals surface area contributed by atoms with Crippen LogP contribution in [0.1, 0.15) is 44.7 Å². The molecule has 2 aromatic carbocycles. The van der Waals surface area contributed by atoms with Gasteiger partial charge in [-0.25, -0.2) is 0 Å². The number of halogens is 2. The van der Waals surface area contributed by atoms with Crippen molar-refractivity contribution in [3.05, 3.63) is 63.6 Å². The highest BCUT2D eigenvalue weighted by molar-refractivity contribution is 6.42. The summed E-state index contributed by atoms with van der Waals surface area (Å²) in [5.41, 5.74) is 1.97. The highest BCUT2D eigenvalue weighted by atomic mass is 35.5. The van der Waals surface area contributed by atoms with Gasteiger partial charge in [0.05, 0.1) is 10.0 Å². The molecule has 0 aliphatic carbocycles. The zero-order valence-electron chi connectivity index (χ0n) is 18.3. The van der Waals surface area contributed by atoms with Crippen LogP contribution in [-0.2, 0) is 22.6 Å². The van der Waals surface area contributed by atoms with Gasteiger partial charge in [-0.1, -0.05) is 61.7 Å². The molecule has 5 nitrogen and oxygen atoms in total. The maximum Gasteiger partial charge on any atom is 0.261 e. The molecule has 168 valence electrons. The zero-order chi connectivity index (χ0) is 22.8. The molecular formula is C24H30Cl2N2O3. The van der Waals surface area contributed by atoms with E-state index in [-0.39, 0.29) is 25.0 Å². The van der Waals surface area contributed by atoms with Crippen molar-refractivity contribution < 1.29 is 14.3 Å². The Hall–Kier alpha value is -2.24. The zero-order valence-corrected chi connectivity index (χ0v) is 19.8. The molecule has 1 unspecified atom stereocenters. The Morgan fingerprint density at radius 1 is 1.03 bits per heavy atom. The number of hydrogen-bond donors (Lipinski definition) is 1. The van der Waals surface area contributed by atoms with Gasteiger partial charge in [0.15, 0.2) is 6.61 Å². The van der Waals surface area contributed by atoms with Crippen LogP contribution >= 0.6 is 23.2 Å². The molecule has 1 N–H and O–H groups in total. The molecule has 0 fully saturated rings. The number of nitrogens with zero attached hydrogens (tertiary/aromatic N) is 1. The van der Waals surface area contributed by atoms with Gasteiger partial charge in [0.25, 0.3) is 5.91 Å². The van der Waals surface area contributed by atoms with Crippen molar-refractivity contribution in [3.8, 4) is 5.75 Å². The second kappa shape index (κ2) is 12.6. The monoisotopic (exact) mass is 464 g/mol. The molecule has 0 saturated carbocycles. The summed E-state index contributed by atoms with van der Waals surface area (Å²) in [5.74, 6) is 0.123. The van der Waals surface area contributed by atoms with E-state index in [2.05, 4.69) is 19.2 Å². The van der Waals surface area contributed by atoms with E-state index < -0.39 is 6.04 Å². The largest absolute Gasteiger partial charge is 0.484 e. The molecule has 2 rings (SSSR count). The lowest BCUT2D eigenvalue weighted by Crippen LogP contribution is -2.49. The predicted octanol–water partition coefficient (Wildman–Crippen LogP) is 5.27. The molecule has 0 aliphatic heterocycles. The fraction of sp³-hybridized carbons (Fsp3) is 0.417. The topological polar surface area (TPSA) is 58.6 Å². The van der Waals surface area contributed by atoms with Crippen LogP contribution in [0, 0.1) is 0 Å². The Labute approximate surface area is 194 Å². The molecule has 31 heavy (non-hydrogen) atoms. The van der Waals surface area contributed by atoms with Crippen LogP contribution in [-0.4, -0.2) is 35.9 Å². The van der Waals surface area contributed by atoms with Crippen LogP contribution in [0.2, 0.25) is 10.0 Å². The van der Waals surface area contributed by atoms with Crippen LogP contribution in [0.15, 0.2) is 42.5 Å². The fourth-order valence-corrected chi connectivity index (χ4v) is 3.32. The Morgan fingerprint density at radius 2 is 1.71 bits per heavy atom. The van der Waals surface area contributed by atoms with E-state index in [4.69, 9.17) is 27.9 Å². The summed E-state index contributed by atoms with van der Waals surface area (Å²) in [6.45, 7) is 6.48. The summed E-state index contributed by atoms with van der Waals surface area (Å²) in [4.78, 5) is 27.2.